The molecular weight excluding hydrogens is 372 g/mol. The zero-order valence-corrected chi connectivity index (χ0v) is 20.2. The second kappa shape index (κ2) is 17.6. The number of hydrogen-bond donors (Lipinski definition) is 0. The van der Waals surface area contributed by atoms with E-state index in [0.29, 0.717) is 13.2 Å². The summed E-state index contributed by atoms with van der Waals surface area (Å²) < 4.78 is -0.0211. The molecule has 4 nitrogen and oxygen atoms in total. The number of carbonyl (C=O) groups is 1. The highest BCUT2D eigenvalue weighted by Crippen LogP contribution is 2.20. The molecule has 0 fully saturated rings. The average molecular weight is 423 g/mol. The maximum absolute atomic E-state index is 11.6. The van der Waals surface area contributed by atoms with Crippen molar-refractivity contribution in [1.29, 1.82) is 0 Å². The van der Waals surface area contributed by atoms with Gasteiger partial charge >= 0.3 is 0 Å². The van der Waals surface area contributed by atoms with Crippen LogP contribution in [-0.4, -0.2) is 35.2 Å². The zero-order chi connectivity index (χ0) is 21.9. The first-order valence-electron chi connectivity index (χ1n) is 13.2. The number of quaternary nitrogens is 1. The summed E-state index contributed by atoms with van der Waals surface area (Å²) in [4.78, 5) is 13.7. The summed E-state index contributed by atoms with van der Waals surface area (Å²) in [5.74, 6) is 0. The van der Waals surface area contributed by atoms with Crippen LogP contribution >= 0.6 is 0 Å². The number of hydrogen-bond acceptors (Lipinski definition) is 3. The zero-order valence-electron chi connectivity index (χ0n) is 20.2. The molecule has 0 saturated heterocycles. The number of unbranched alkanes of at least 4 members (excludes halogenated alkanes) is 16. The third-order valence-electron chi connectivity index (χ3n) is 6.57. The van der Waals surface area contributed by atoms with Gasteiger partial charge in [-0.05, 0) is 12.8 Å². The van der Waals surface area contributed by atoms with Crippen molar-refractivity contribution in [2.24, 2.45) is 0 Å². The Morgan fingerprint density at radius 2 is 1.17 bits per heavy atom. The Bertz CT molecular complexity index is 452. The molecule has 0 N–H and O–H groups in total. The van der Waals surface area contributed by atoms with E-state index in [-0.39, 0.29) is 4.48 Å². The lowest BCUT2D eigenvalue weighted by atomic mass is 10.0. The Morgan fingerprint density at radius 3 is 1.60 bits per heavy atom. The normalized spacial score (nSPS) is 18.4. The Hall–Kier alpha value is -1.03. The fraction of sp³-hybridized carbons (Fsp3) is 0.885. The molecule has 1 atom stereocenters. The van der Waals surface area contributed by atoms with Gasteiger partial charge in [0.05, 0.1) is 12.7 Å². The van der Waals surface area contributed by atoms with Gasteiger partial charge in [-0.3, -0.25) is 0 Å². The van der Waals surface area contributed by atoms with Gasteiger partial charge in [0, 0.05) is 6.54 Å². The SMILES string of the molecule is CCCCCCCCCCCCCCCCCCN1C=C[N+](CCCC)(C(=O)[O-])C1. The summed E-state index contributed by atoms with van der Waals surface area (Å²) in [7, 11) is 0. The van der Waals surface area contributed by atoms with Gasteiger partial charge in [0.15, 0.2) is 6.67 Å². The van der Waals surface area contributed by atoms with Crippen molar-refractivity contribution >= 4 is 6.09 Å². The molecule has 30 heavy (non-hydrogen) atoms. The third kappa shape index (κ3) is 12.0. The molecule has 1 aliphatic heterocycles. The van der Waals surface area contributed by atoms with Gasteiger partial charge in [-0.2, -0.15) is 0 Å². The lowest BCUT2D eigenvalue weighted by Crippen LogP contribution is -2.56. The maximum Gasteiger partial charge on any atom is 0.263 e. The summed E-state index contributed by atoms with van der Waals surface area (Å²) in [5, 5.41) is 11.6. The molecule has 0 aromatic rings. The Labute approximate surface area is 187 Å². The number of nitrogens with zero attached hydrogens (tertiary/aromatic N) is 2. The molecule has 0 aromatic carbocycles. The molecule has 1 unspecified atom stereocenters. The minimum atomic E-state index is -0.964. The molecule has 1 rings (SSSR count). The fourth-order valence-electron chi connectivity index (χ4n) is 4.44. The highest BCUT2D eigenvalue weighted by Gasteiger charge is 2.33. The van der Waals surface area contributed by atoms with Crippen molar-refractivity contribution in [2.75, 3.05) is 19.8 Å². The van der Waals surface area contributed by atoms with Gasteiger partial charge in [-0.15, -0.1) is 0 Å². The predicted molar refractivity (Wildman–Crippen MR) is 126 cm³/mol. The quantitative estimate of drug-likeness (QED) is 0.157. The molecule has 4 heteroatoms. The fourth-order valence-corrected chi connectivity index (χ4v) is 4.44. The maximum atomic E-state index is 11.6. The Morgan fingerprint density at radius 1 is 0.733 bits per heavy atom. The lowest BCUT2D eigenvalue weighted by molar-refractivity contribution is -0.830. The summed E-state index contributed by atoms with van der Waals surface area (Å²) in [6.07, 6.45) is 26.8. The molecular formula is C26H50N2O2. The van der Waals surface area contributed by atoms with Crippen LogP contribution in [0.3, 0.4) is 0 Å². The first-order chi connectivity index (χ1) is 14.6. The highest BCUT2D eigenvalue weighted by molar-refractivity contribution is 5.55. The van der Waals surface area contributed by atoms with Crippen LogP contribution in [-0.2, 0) is 0 Å². The van der Waals surface area contributed by atoms with Crippen LogP contribution in [0.25, 0.3) is 0 Å². The van der Waals surface area contributed by atoms with Crippen molar-refractivity contribution in [3.63, 3.8) is 0 Å². The van der Waals surface area contributed by atoms with E-state index in [4.69, 9.17) is 0 Å². The number of carbonyl (C=O) groups excluding carboxylic acids is 1. The summed E-state index contributed by atoms with van der Waals surface area (Å²) in [5.41, 5.74) is 0. The van der Waals surface area contributed by atoms with Gasteiger partial charge < -0.3 is 14.8 Å². The monoisotopic (exact) mass is 422 g/mol. The highest BCUT2D eigenvalue weighted by atomic mass is 16.4. The van der Waals surface area contributed by atoms with Crippen molar-refractivity contribution in [3.05, 3.63) is 12.4 Å². The molecule has 0 radical (unpaired) electrons. The standard InChI is InChI=1S/C26H50N2O2/c1-3-5-7-8-9-10-11-12-13-14-15-16-17-18-19-20-21-27-22-24-28(25-27,26(29)30)23-6-4-2/h22,24H,3-21,23,25H2,1-2H3. The molecule has 1 heterocycles. The van der Waals surface area contributed by atoms with E-state index >= 15 is 0 Å². The van der Waals surface area contributed by atoms with Crippen molar-refractivity contribution in [2.45, 2.75) is 129 Å². The third-order valence-corrected chi connectivity index (χ3v) is 6.57. The molecule has 0 spiro atoms. The van der Waals surface area contributed by atoms with E-state index < -0.39 is 6.09 Å². The van der Waals surface area contributed by atoms with Gasteiger partial charge in [0.25, 0.3) is 6.09 Å². The number of amides is 1. The summed E-state index contributed by atoms with van der Waals surface area (Å²) in [6, 6.07) is 0. The van der Waals surface area contributed by atoms with Gasteiger partial charge in [-0.1, -0.05) is 117 Å². The Balaban J connectivity index is 1.88. The van der Waals surface area contributed by atoms with Crippen LogP contribution < -0.4 is 5.11 Å². The van der Waals surface area contributed by atoms with E-state index in [1.165, 1.54) is 96.3 Å². The second-order valence-corrected chi connectivity index (χ2v) is 9.43. The van der Waals surface area contributed by atoms with Crippen LogP contribution in [0.5, 0.6) is 0 Å². The van der Waals surface area contributed by atoms with Crippen LogP contribution in [0.4, 0.5) is 4.79 Å². The van der Waals surface area contributed by atoms with Crippen LogP contribution in [0.15, 0.2) is 12.4 Å². The number of carboxylic acid groups (broad SMARTS) is 1. The van der Waals surface area contributed by atoms with Crippen LogP contribution in [0.1, 0.15) is 129 Å². The predicted octanol–water partition coefficient (Wildman–Crippen LogP) is 6.95. The summed E-state index contributed by atoms with van der Waals surface area (Å²) >= 11 is 0. The molecule has 1 amide bonds. The second-order valence-electron chi connectivity index (χ2n) is 9.43. The van der Waals surface area contributed by atoms with Crippen LogP contribution in [0, 0.1) is 0 Å². The lowest BCUT2D eigenvalue weighted by Gasteiger charge is -2.32. The van der Waals surface area contributed by atoms with Crippen molar-refractivity contribution in [3.8, 4) is 0 Å². The van der Waals surface area contributed by atoms with Gasteiger partial charge in [0.1, 0.15) is 6.20 Å². The van der Waals surface area contributed by atoms with Crippen molar-refractivity contribution < 1.29 is 14.4 Å². The van der Waals surface area contributed by atoms with E-state index in [9.17, 15) is 9.90 Å². The summed E-state index contributed by atoms with van der Waals surface area (Å²) in [6.45, 7) is 6.53. The largest absolute Gasteiger partial charge is 0.498 e. The first kappa shape index (κ1) is 27.0. The van der Waals surface area contributed by atoms with E-state index in [1.807, 2.05) is 12.4 Å². The van der Waals surface area contributed by atoms with Gasteiger partial charge in [0.2, 0.25) is 0 Å². The molecule has 176 valence electrons. The topological polar surface area (TPSA) is 43.4 Å². The van der Waals surface area contributed by atoms with E-state index in [0.717, 1.165) is 25.8 Å². The molecule has 0 aromatic heterocycles. The number of rotatable bonds is 20. The molecule has 0 saturated carbocycles. The average Bonchev–Trinajstić information content (AvgIpc) is 3.16. The Kier molecular flexibility index (Phi) is 15.9. The smallest absolute Gasteiger partial charge is 0.263 e. The van der Waals surface area contributed by atoms with Crippen LogP contribution in [0.2, 0.25) is 0 Å². The first-order valence-corrected chi connectivity index (χ1v) is 13.2. The van der Waals surface area contributed by atoms with Gasteiger partial charge in [-0.25, -0.2) is 4.48 Å². The molecule has 0 aliphatic carbocycles. The molecule has 1 aliphatic rings. The molecule has 0 bridgehead atoms. The minimum Gasteiger partial charge on any atom is -0.498 e. The van der Waals surface area contributed by atoms with Crippen molar-refractivity contribution in [1.82, 2.24) is 4.90 Å². The van der Waals surface area contributed by atoms with E-state index in [1.54, 1.807) is 0 Å². The van der Waals surface area contributed by atoms with E-state index in [2.05, 4.69) is 18.7 Å². The minimum absolute atomic E-state index is 0.0211.